The number of amides is 2. The van der Waals surface area contributed by atoms with Crippen molar-refractivity contribution in [2.24, 2.45) is 5.10 Å². The minimum absolute atomic E-state index is 0.00195. The van der Waals surface area contributed by atoms with Gasteiger partial charge in [-0.25, -0.2) is 17.8 Å². The lowest BCUT2D eigenvalue weighted by molar-refractivity contribution is -0.133. The van der Waals surface area contributed by atoms with Crippen molar-refractivity contribution in [2.45, 2.75) is 31.3 Å². The van der Waals surface area contributed by atoms with Crippen LogP contribution in [0, 0.1) is 5.82 Å². The molecule has 0 bridgehead atoms. The number of hydrazone groups is 1. The number of halogens is 1. The molecule has 8 nitrogen and oxygen atoms in total. The number of hydrogen-bond acceptors (Lipinski definition) is 6. The third kappa shape index (κ3) is 5.57. The van der Waals surface area contributed by atoms with E-state index in [9.17, 15) is 22.4 Å². The van der Waals surface area contributed by atoms with Crippen molar-refractivity contribution >= 4 is 27.4 Å². The van der Waals surface area contributed by atoms with Gasteiger partial charge in [0.25, 0.3) is 5.91 Å². The maximum atomic E-state index is 14.0. The summed E-state index contributed by atoms with van der Waals surface area (Å²) < 4.78 is 43.2. The molecule has 1 N–H and O–H groups in total. The lowest BCUT2D eigenvalue weighted by Gasteiger charge is -2.28. The maximum Gasteiger partial charge on any atom is 0.268 e. The number of carbonyl (C=O) groups is 2. The van der Waals surface area contributed by atoms with Crippen molar-refractivity contribution in [1.29, 1.82) is 0 Å². The Labute approximate surface area is 191 Å². The van der Waals surface area contributed by atoms with E-state index >= 15 is 0 Å². The van der Waals surface area contributed by atoms with Gasteiger partial charge in [0.15, 0.2) is 21.4 Å². The van der Waals surface area contributed by atoms with Gasteiger partial charge in [0.1, 0.15) is 12.3 Å². The van der Waals surface area contributed by atoms with Crippen LogP contribution in [0.2, 0.25) is 0 Å². The fraction of sp³-hybridized carbons (Fsp3) is 0.348. The third-order valence-electron chi connectivity index (χ3n) is 5.63. The number of benzene rings is 2. The Bertz CT molecular complexity index is 1170. The van der Waals surface area contributed by atoms with Crippen LogP contribution in [0.4, 0.5) is 4.39 Å². The number of rotatable bonds is 7. The van der Waals surface area contributed by atoms with E-state index < -0.39 is 33.6 Å². The lowest BCUT2D eigenvalue weighted by atomic mass is 10.1. The summed E-state index contributed by atoms with van der Waals surface area (Å²) in [6.45, 7) is -0.0204. The highest BCUT2D eigenvalue weighted by atomic mass is 32.2. The SMILES string of the molecule is O=C(N[C@H](COc1ccccc1F)c1ccccc1)C1=NN([C@H]2CCS(=O)(=O)C2)C(=O)CC1. The van der Waals surface area contributed by atoms with E-state index in [1.165, 1.54) is 12.1 Å². The molecule has 174 valence electrons. The van der Waals surface area contributed by atoms with Crippen molar-refractivity contribution in [1.82, 2.24) is 10.3 Å². The summed E-state index contributed by atoms with van der Waals surface area (Å²) in [4.78, 5) is 25.4. The van der Waals surface area contributed by atoms with Crippen LogP contribution in [-0.4, -0.2) is 55.1 Å². The highest BCUT2D eigenvalue weighted by Gasteiger charge is 2.37. The maximum absolute atomic E-state index is 14.0. The van der Waals surface area contributed by atoms with Crippen molar-refractivity contribution < 1.29 is 27.1 Å². The molecule has 2 atom stereocenters. The Morgan fingerprint density at radius 1 is 1.15 bits per heavy atom. The first-order chi connectivity index (χ1) is 15.8. The first-order valence-electron chi connectivity index (χ1n) is 10.7. The molecule has 2 aliphatic rings. The number of sulfone groups is 1. The van der Waals surface area contributed by atoms with Crippen LogP contribution in [-0.2, 0) is 19.4 Å². The van der Waals surface area contributed by atoms with Crippen LogP contribution < -0.4 is 10.1 Å². The summed E-state index contributed by atoms with van der Waals surface area (Å²) in [6, 6.07) is 14.0. The second-order valence-electron chi connectivity index (χ2n) is 8.02. The molecule has 0 spiro atoms. The van der Waals surface area contributed by atoms with Crippen LogP contribution in [0.15, 0.2) is 59.7 Å². The summed E-state index contributed by atoms with van der Waals surface area (Å²) >= 11 is 0. The monoisotopic (exact) mass is 473 g/mol. The number of carbonyl (C=O) groups excluding carboxylic acids is 2. The molecule has 2 aromatic rings. The molecule has 10 heteroatoms. The third-order valence-corrected chi connectivity index (χ3v) is 7.38. The molecule has 0 aromatic heterocycles. The Kier molecular flexibility index (Phi) is 6.73. The van der Waals surface area contributed by atoms with Crippen molar-refractivity contribution in [3.63, 3.8) is 0 Å². The van der Waals surface area contributed by atoms with Gasteiger partial charge in [-0.15, -0.1) is 0 Å². The highest BCUT2D eigenvalue weighted by molar-refractivity contribution is 7.91. The summed E-state index contributed by atoms with van der Waals surface area (Å²) in [5, 5.41) is 8.22. The summed E-state index contributed by atoms with van der Waals surface area (Å²) in [7, 11) is -3.21. The topological polar surface area (TPSA) is 105 Å². The number of hydrogen-bond donors (Lipinski definition) is 1. The largest absolute Gasteiger partial charge is 0.488 e. The van der Waals surface area contributed by atoms with E-state index in [4.69, 9.17) is 4.74 Å². The van der Waals surface area contributed by atoms with Gasteiger partial charge in [0.2, 0.25) is 5.91 Å². The molecule has 2 amide bonds. The predicted octanol–water partition coefficient (Wildman–Crippen LogP) is 2.23. The van der Waals surface area contributed by atoms with Gasteiger partial charge in [-0.2, -0.15) is 5.10 Å². The quantitative estimate of drug-likeness (QED) is 0.664. The normalized spacial score (nSPS) is 20.8. The van der Waals surface area contributed by atoms with Gasteiger partial charge >= 0.3 is 0 Å². The zero-order valence-corrected chi connectivity index (χ0v) is 18.6. The standard InChI is InChI=1S/C23H24FN3O5S/c24-18-8-4-5-9-21(18)32-14-20(16-6-2-1-3-7-16)25-23(29)19-10-11-22(28)27(26-19)17-12-13-33(30,31)15-17/h1-9,17,20H,10-15H2,(H,25,29)/t17-,20+/m0/s1. The number of para-hydroxylation sites is 1. The fourth-order valence-corrected chi connectivity index (χ4v) is 5.56. The number of nitrogens with zero attached hydrogens (tertiary/aromatic N) is 2. The van der Waals surface area contributed by atoms with Gasteiger partial charge in [0, 0.05) is 12.8 Å². The zero-order chi connectivity index (χ0) is 23.4. The Morgan fingerprint density at radius 3 is 2.58 bits per heavy atom. The minimum atomic E-state index is -3.21. The molecule has 2 aromatic carbocycles. The molecule has 1 saturated heterocycles. The molecule has 2 aliphatic heterocycles. The van der Waals surface area contributed by atoms with E-state index in [0.717, 1.165) is 10.6 Å². The van der Waals surface area contributed by atoms with Crippen molar-refractivity contribution in [3.8, 4) is 5.75 Å². The van der Waals surface area contributed by atoms with E-state index in [0.29, 0.717) is 6.42 Å². The van der Waals surface area contributed by atoms with Gasteiger partial charge < -0.3 is 10.1 Å². The fourth-order valence-electron chi connectivity index (χ4n) is 3.87. The van der Waals surface area contributed by atoms with Crippen LogP contribution in [0.3, 0.4) is 0 Å². The molecular weight excluding hydrogens is 449 g/mol. The smallest absolute Gasteiger partial charge is 0.268 e. The average Bonchev–Trinajstić information content (AvgIpc) is 3.17. The highest BCUT2D eigenvalue weighted by Crippen LogP contribution is 2.23. The molecular formula is C23H24FN3O5S. The second-order valence-corrected chi connectivity index (χ2v) is 10.2. The summed E-state index contributed by atoms with van der Waals surface area (Å²) in [6.07, 6.45) is 0.524. The first kappa shape index (κ1) is 22.9. The van der Waals surface area contributed by atoms with Crippen LogP contribution in [0.5, 0.6) is 5.75 Å². The number of ether oxygens (including phenoxy) is 1. The number of nitrogens with one attached hydrogen (secondary N) is 1. The first-order valence-corrected chi connectivity index (χ1v) is 12.5. The molecule has 33 heavy (non-hydrogen) atoms. The van der Waals surface area contributed by atoms with Gasteiger partial charge in [-0.05, 0) is 24.1 Å². The molecule has 0 aliphatic carbocycles. The van der Waals surface area contributed by atoms with Crippen molar-refractivity contribution in [3.05, 3.63) is 66.0 Å². The minimum Gasteiger partial charge on any atom is -0.488 e. The zero-order valence-electron chi connectivity index (χ0n) is 17.8. The van der Waals surface area contributed by atoms with Gasteiger partial charge in [-0.1, -0.05) is 42.5 Å². The lowest BCUT2D eigenvalue weighted by Crippen LogP contribution is -2.45. The summed E-state index contributed by atoms with van der Waals surface area (Å²) in [5.74, 6) is -1.37. The van der Waals surface area contributed by atoms with Crippen LogP contribution in [0.1, 0.15) is 30.9 Å². The molecule has 4 rings (SSSR count). The Hall–Kier alpha value is -3.27. The molecule has 1 fully saturated rings. The second kappa shape index (κ2) is 9.70. The van der Waals surface area contributed by atoms with E-state index in [1.807, 2.05) is 30.3 Å². The van der Waals surface area contributed by atoms with Crippen LogP contribution in [0.25, 0.3) is 0 Å². The Balaban J connectivity index is 1.50. The Morgan fingerprint density at radius 2 is 1.88 bits per heavy atom. The van der Waals surface area contributed by atoms with E-state index in [-0.39, 0.29) is 48.3 Å². The average molecular weight is 474 g/mol. The molecule has 2 heterocycles. The molecule has 0 unspecified atom stereocenters. The van der Waals surface area contributed by atoms with Gasteiger partial charge in [0.05, 0.1) is 23.6 Å². The van der Waals surface area contributed by atoms with Crippen LogP contribution >= 0.6 is 0 Å². The van der Waals surface area contributed by atoms with E-state index in [2.05, 4.69) is 10.4 Å². The van der Waals surface area contributed by atoms with Crippen molar-refractivity contribution in [2.75, 3.05) is 18.1 Å². The predicted molar refractivity (Wildman–Crippen MR) is 120 cm³/mol. The van der Waals surface area contributed by atoms with E-state index in [1.54, 1.807) is 12.1 Å². The summed E-state index contributed by atoms with van der Waals surface area (Å²) in [5.41, 5.74) is 0.902. The molecule has 0 radical (unpaired) electrons. The molecule has 0 saturated carbocycles. The van der Waals surface area contributed by atoms with Gasteiger partial charge in [-0.3, -0.25) is 9.59 Å².